The number of nitrogen functional groups attached to an aromatic ring is 1. The lowest BCUT2D eigenvalue weighted by atomic mass is 10.3. The molecule has 4 nitrogen and oxygen atoms in total. The Morgan fingerprint density at radius 2 is 2.00 bits per heavy atom. The van der Waals surface area contributed by atoms with E-state index in [1.165, 1.54) is 9.35 Å². The van der Waals surface area contributed by atoms with E-state index in [2.05, 4.69) is 42.2 Å². The second-order valence-electron chi connectivity index (χ2n) is 4.90. The highest BCUT2D eigenvalue weighted by Crippen LogP contribution is 2.25. The Kier molecular flexibility index (Phi) is 4.24. The van der Waals surface area contributed by atoms with Gasteiger partial charge in [0.05, 0.1) is 11.9 Å². The summed E-state index contributed by atoms with van der Waals surface area (Å²) in [6.07, 6.45) is 1.73. The lowest BCUT2D eigenvalue weighted by Crippen LogP contribution is -2.46. The van der Waals surface area contributed by atoms with Crippen molar-refractivity contribution < 1.29 is 0 Å². The summed E-state index contributed by atoms with van der Waals surface area (Å²) in [6, 6.07) is 6.03. The highest BCUT2D eigenvalue weighted by atomic mass is 79.9. The highest BCUT2D eigenvalue weighted by molar-refractivity contribution is 9.10. The van der Waals surface area contributed by atoms with Crippen LogP contribution in [0.2, 0.25) is 0 Å². The van der Waals surface area contributed by atoms with Crippen molar-refractivity contribution in [2.24, 2.45) is 0 Å². The van der Waals surface area contributed by atoms with Gasteiger partial charge in [0.25, 0.3) is 0 Å². The number of nitrogens with zero attached hydrogens (tertiary/aromatic N) is 3. The maximum atomic E-state index is 5.68. The molecule has 1 aliphatic rings. The van der Waals surface area contributed by atoms with Gasteiger partial charge >= 0.3 is 0 Å². The fourth-order valence-electron chi connectivity index (χ4n) is 2.36. The highest BCUT2D eigenvalue weighted by Gasteiger charge is 2.18. The zero-order chi connectivity index (χ0) is 13.9. The minimum atomic E-state index is 0.718. The Hall–Kier alpha value is -1.11. The molecule has 3 heterocycles. The zero-order valence-corrected chi connectivity index (χ0v) is 13.5. The van der Waals surface area contributed by atoms with E-state index < -0.39 is 0 Å². The molecule has 0 spiro atoms. The third-order valence-corrected chi connectivity index (χ3v) is 5.44. The minimum Gasteiger partial charge on any atom is -0.397 e. The second-order valence-corrected chi connectivity index (χ2v) is 6.76. The molecule has 0 unspecified atom stereocenters. The van der Waals surface area contributed by atoms with Gasteiger partial charge in [-0.15, -0.1) is 11.3 Å². The van der Waals surface area contributed by atoms with Crippen LogP contribution in [0, 0.1) is 0 Å². The van der Waals surface area contributed by atoms with Crippen LogP contribution in [-0.2, 0) is 6.54 Å². The molecule has 0 radical (unpaired) electrons. The molecule has 0 saturated carbocycles. The number of piperazine rings is 1. The van der Waals surface area contributed by atoms with E-state index in [1.807, 2.05) is 23.5 Å². The Bertz CT molecular complexity index is 561. The monoisotopic (exact) mass is 352 g/mol. The van der Waals surface area contributed by atoms with Crippen molar-refractivity contribution >= 4 is 38.8 Å². The smallest absolute Gasteiger partial charge is 0.128 e. The number of pyridine rings is 1. The first-order valence-electron chi connectivity index (χ1n) is 6.63. The number of hydrogen-bond acceptors (Lipinski definition) is 5. The quantitative estimate of drug-likeness (QED) is 0.922. The molecule has 20 heavy (non-hydrogen) atoms. The average Bonchev–Trinajstić information content (AvgIpc) is 2.86. The van der Waals surface area contributed by atoms with Gasteiger partial charge in [0, 0.05) is 42.1 Å². The number of thiophene rings is 1. The molecule has 2 aromatic rings. The molecule has 0 aliphatic carbocycles. The summed E-state index contributed by atoms with van der Waals surface area (Å²) in [5.41, 5.74) is 6.39. The summed E-state index contributed by atoms with van der Waals surface area (Å²) < 4.78 is 1.23. The van der Waals surface area contributed by atoms with Crippen LogP contribution in [0.25, 0.3) is 0 Å². The van der Waals surface area contributed by atoms with Gasteiger partial charge in [-0.05, 0) is 39.5 Å². The standard InChI is InChI=1S/C14H17BrN4S/c15-12-3-8-20-13(12)10-18-4-6-19(7-5-18)14-2-1-11(16)9-17-14/h1-3,8-9H,4-7,10,16H2. The van der Waals surface area contributed by atoms with Gasteiger partial charge in [-0.2, -0.15) is 0 Å². The normalized spacial score (nSPS) is 16.6. The third-order valence-electron chi connectivity index (χ3n) is 3.53. The van der Waals surface area contributed by atoms with E-state index in [0.717, 1.165) is 44.2 Å². The van der Waals surface area contributed by atoms with E-state index in [-0.39, 0.29) is 0 Å². The molecule has 0 aromatic carbocycles. The molecule has 1 fully saturated rings. The van der Waals surface area contributed by atoms with Crippen LogP contribution >= 0.6 is 27.3 Å². The third kappa shape index (κ3) is 3.13. The first-order valence-corrected chi connectivity index (χ1v) is 8.30. The van der Waals surface area contributed by atoms with Gasteiger partial charge in [-0.1, -0.05) is 0 Å². The number of aromatic nitrogens is 1. The second kappa shape index (κ2) is 6.11. The van der Waals surface area contributed by atoms with Crippen molar-refractivity contribution in [3.05, 3.63) is 39.1 Å². The number of hydrogen-bond donors (Lipinski definition) is 1. The molecule has 0 atom stereocenters. The molecule has 1 saturated heterocycles. The van der Waals surface area contributed by atoms with Crippen LogP contribution in [0.3, 0.4) is 0 Å². The number of halogens is 1. The molecular weight excluding hydrogens is 336 g/mol. The molecule has 1 aliphatic heterocycles. The maximum Gasteiger partial charge on any atom is 0.128 e. The molecule has 2 N–H and O–H groups in total. The molecule has 6 heteroatoms. The van der Waals surface area contributed by atoms with Crippen molar-refractivity contribution in [2.45, 2.75) is 6.54 Å². The lowest BCUT2D eigenvalue weighted by molar-refractivity contribution is 0.251. The summed E-state index contributed by atoms with van der Waals surface area (Å²) in [5.74, 6) is 1.02. The summed E-state index contributed by atoms with van der Waals surface area (Å²) in [6.45, 7) is 5.19. The Balaban J connectivity index is 1.57. The van der Waals surface area contributed by atoms with Crippen molar-refractivity contribution in [1.82, 2.24) is 9.88 Å². The van der Waals surface area contributed by atoms with E-state index in [1.54, 1.807) is 6.20 Å². The van der Waals surface area contributed by atoms with Gasteiger partial charge in [0.2, 0.25) is 0 Å². The van der Waals surface area contributed by atoms with Crippen molar-refractivity contribution in [1.29, 1.82) is 0 Å². The van der Waals surface area contributed by atoms with Gasteiger partial charge in [0.1, 0.15) is 5.82 Å². The van der Waals surface area contributed by atoms with Crippen LogP contribution in [0.15, 0.2) is 34.2 Å². The van der Waals surface area contributed by atoms with E-state index in [4.69, 9.17) is 5.73 Å². The number of nitrogens with two attached hydrogens (primary N) is 1. The van der Waals surface area contributed by atoms with Crippen molar-refractivity contribution in [3.63, 3.8) is 0 Å². The predicted molar refractivity (Wildman–Crippen MR) is 88.2 cm³/mol. The first-order chi connectivity index (χ1) is 9.72. The Morgan fingerprint density at radius 3 is 2.60 bits per heavy atom. The summed E-state index contributed by atoms with van der Waals surface area (Å²) in [5, 5.41) is 2.13. The molecule has 106 valence electrons. The van der Waals surface area contributed by atoms with Gasteiger partial charge in [0.15, 0.2) is 0 Å². The Morgan fingerprint density at radius 1 is 1.20 bits per heavy atom. The van der Waals surface area contributed by atoms with Gasteiger partial charge < -0.3 is 10.6 Å². The van der Waals surface area contributed by atoms with Crippen LogP contribution < -0.4 is 10.6 Å². The zero-order valence-electron chi connectivity index (χ0n) is 11.1. The van der Waals surface area contributed by atoms with Crippen LogP contribution in [-0.4, -0.2) is 36.1 Å². The first kappa shape index (κ1) is 13.9. The fraction of sp³-hybridized carbons (Fsp3) is 0.357. The van der Waals surface area contributed by atoms with Crippen LogP contribution in [0.5, 0.6) is 0 Å². The number of rotatable bonds is 3. The number of anilines is 2. The summed E-state index contributed by atoms with van der Waals surface area (Å²) in [4.78, 5) is 10.6. The van der Waals surface area contributed by atoms with E-state index in [0.29, 0.717) is 0 Å². The lowest BCUT2D eigenvalue weighted by Gasteiger charge is -2.35. The van der Waals surface area contributed by atoms with E-state index >= 15 is 0 Å². The maximum absolute atomic E-state index is 5.68. The predicted octanol–water partition coefficient (Wildman–Crippen LogP) is 2.81. The van der Waals surface area contributed by atoms with Crippen molar-refractivity contribution in [3.8, 4) is 0 Å². The molecule has 2 aromatic heterocycles. The summed E-state index contributed by atoms with van der Waals surface area (Å²) >= 11 is 5.41. The van der Waals surface area contributed by atoms with Gasteiger partial charge in [-0.3, -0.25) is 4.90 Å². The van der Waals surface area contributed by atoms with Gasteiger partial charge in [-0.25, -0.2) is 4.98 Å². The van der Waals surface area contributed by atoms with E-state index in [9.17, 15) is 0 Å². The van der Waals surface area contributed by atoms with Crippen molar-refractivity contribution in [2.75, 3.05) is 36.8 Å². The molecular formula is C14H17BrN4S. The largest absolute Gasteiger partial charge is 0.397 e. The topological polar surface area (TPSA) is 45.4 Å². The summed E-state index contributed by atoms with van der Waals surface area (Å²) in [7, 11) is 0. The minimum absolute atomic E-state index is 0.718. The van der Waals surface area contributed by atoms with Crippen LogP contribution in [0.1, 0.15) is 4.88 Å². The molecule has 0 bridgehead atoms. The Labute approximate surface area is 131 Å². The molecule has 0 amide bonds. The average molecular weight is 353 g/mol. The molecule has 3 rings (SSSR count). The SMILES string of the molecule is Nc1ccc(N2CCN(Cc3sccc3Br)CC2)nc1. The van der Waals surface area contributed by atoms with Crippen LogP contribution in [0.4, 0.5) is 11.5 Å². The fourth-order valence-corrected chi connectivity index (χ4v) is 3.88.